The van der Waals surface area contributed by atoms with Gasteiger partial charge in [-0.25, -0.2) is 4.79 Å². The van der Waals surface area contributed by atoms with Crippen LogP contribution < -0.4 is 5.32 Å². The maximum atomic E-state index is 11.9. The van der Waals surface area contributed by atoms with Crippen LogP contribution in [0.5, 0.6) is 0 Å². The first-order valence-electron chi connectivity index (χ1n) is 6.18. The Morgan fingerprint density at radius 1 is 1.47 bits per heavy atom. The Kier molecular flexibility index (Phi) is 3.22. The van der Waals surface area contributed by atoms with Crippen molar-refractivity contribution in [1.82, 2.24) is 5.32 Å². The number of nitrogens with one attached hydrogen (secondary N) is 1. The second-order valence-corrected chi connectivity index (χ2v) is 5.01. The van der Waals surface area contributed by atoms with E-state index in [-0.39, 0.29) is 18.3 Å². The van der Waals surface area contributed by atoms with E-state index in [4.69, 9.17) is 4.74 Å². The van der Waals surface area contributed by atoms with Gasteiger partial charge in [0.05, 0.1) is 5.41 Å². The van der Waals surface area contributed by atoms with E-state index in [1.54, 1.807) is 6.92 Å². The fraction of sp³-hybridized carbons (Fsp3) is 0.692. The van der Waals surface area contributed by atoms with Crippen molar-refractivity contribution in [3.63, 3.8) is 0 Å². The number of allylic oxidation sites excluding steroid dienone is 2. The topological polar surface area (TPSA) is 55.4 Å². The van der Waals surface area contributed by atoms with Gasteiger partial charge in [-0.05, 0) is 38.5 Å². The Morgan fingerprint density at radius 3 is 2.71 bits per heavy atom. The summed E-state index contributed by atoms with van der Waals surface area (Å²) in [6.45, 7) is 4.19. The normalized spacial score (nSPS) is 33.8. The molecule has 2 bridgehead atoms. The zero-order valence-corrected chi connectivity index (χ0v) is 10.4. The smallest absolute Gasteiger partial charge is 0.407 e. The molecule has 0 aliphatic heterocycles. The van der Waals surface area contributed by atoms with E-state index in [1.807, 2.05) is 6.92 Å². The summed E-state index contributed by atoms with van der Waals surface area (Å²) in [6.07, 6.45) is 5.70. The summed E-state index contributed by atoms with van der Waals surface area (Å²) in [5.74, 6) is 0.875. The van der Waals surface area contributed by atoms with Crippen molar-refractivity contribution in [2.45, 2.75) is 26.7 Å². The van der Waals surface area contributed by atoms with E-state index in [9.17, 15) is 9.59 Å². The van der Waals surface area contributed by atoms with Crippen molar-refractivity contribution in [2.24, 2.45) is 17.3 Å². The number of Topliss-reactive ketones (excluding diaryl/α,β-unsaturated/α-hetero) is 1. The van der Waals surface area contributed by atoms with E-state index in [0.29, 0.717) is 12.5 Å². The Labute approximate surface area is 101 Å². The van der Waals surface area contributed by atoms with Crippen LogP contribution in [0, 0.1) is 17.3 Å². The number of alkyl carbamates (subject to hydrolysis) is 1. The fourth-order valence-electron chi connectivity index (χ4n) is 3.02. The number of ketones is 1. The lowest BCUT2D eigenvalue weighted by Gasteiger charge is -2.32. The van der Waals surface area contributed by atoms with Crippen molar-refractivity contribution in [3.05, 3.63) is 12.2 Å². The van der Waals surface area contributed by atoms with E-state index in [0.717, 1.165) is 12.8 Å². The largest absolute Gasteiger partial charge is 0.448 e. The summed E-state index contributed by atoms with van der Waals surface area (Å²) in [4.78, 5) is 23.2. The molecule has 0 saturated heterocycles. The van der Waals surface area contributed by atoms with Gasteiger partial charge in [-0.1, -0.05) is 12.2 Å². The van der Waals surface area contributed by atoms with Gasteiger partial charge in [-0.2, -0.15) is 0 Å². The lowest BCUT2D eigenvalue weighted by Crippen LogP contribution is -2.40. The quantitative estimate of drug-likeness (QED) is 0.760. The summed E-state index contributed by atoms with van der Waals surface area (Å²) >= 11 is 0. The predicted molar refractivity (Wildman–Crippen MR) is 63.5 cm³/mol. The van der Waals surface area contributed by atoms with Crippen molar-refractivity contribution in [2.75, 3.05) is 13.2 Å². The average molecular weight is 237 g/mol. The molecular weight excluding hydrogens is 218 g/mol. The molecule has 0 aromatic heterocycles. The molecule has 4 heteroatoms. The monoisotopic (exact) mass is 237 g/mol. The second kappa shape index (κ2) is 4.51. The number of rotatable bonds is 4. The summed E-state index contributed by atoms with van der Waals surface area (Å²) in [7, 11) is 0. The number of carbonyl (C=O) groups excluding carboxylic acids is 2. The van der Waals surface area contributed by atoms with Gasteiger partial charge in [0.15, 0.2) is 0 Å². The highest BCUT2D eigenvalue weighted by Gasteiger charge is 2.52. The van der Waals surface area contributed by atoms with Crippen LogP contribution in [-0.2, 0) is 9.53 Å². The summed E-state index contributed by atoms with van der Waals surface area (Å²) < 4.78 is 5.18. The van der Waals surface area contributed by atoms with Crippen LogP contribution in [0.4, 0.5) is 4.79 Å². The van der Waals surface area contributed by atoms with Gasteiger partial charge >= 0.3 is 6.09 Å². The van der Waals surface area contributed by atoms with Crippen molar-refractivity contribution in [3.8, 4) is 0 Å². The molecule has 1 N–H and O–H groups in total. The van der Waals surface area contributed by atoms with E-state index < -0.39 is 11.5 Å². The molecule has 1 fully saturated rings. The number of hydrogen-bond donors (Lipinski definition) is 1. The zero-order valence-electron chi connectivity index (χ0n) is 10.4. The van der Waals surface area contributed by atoms with E-state index >= 15 is 0 Å². The first-order chi connectivity index (χ1) is 8.08. The highest BCUT2D eigenvalue weighted by Crippen LogP contribution is 2.52. The van der Waals surface area contributed by atoms with Gasteiger partial charge in [0.25, 0.3) is 0 Å². The molecule has 3 unspecified atom stereocenters. The van der Waals surface area contributed by atoms with E-state index in [2.05, 4.69) is 17.5 Å². The van der Waals surface area contributed by atoms with Crippen LogP contribution in [0.15, 0.2) is 12.2 Å². The Morgan fingerprint density at radius 2 is 2.24 bits per heavy atom. The maximum Gasteiger partial charge on any atom is 0.407 e. The first kappa shape index (κ1) is 12.1. The predicted octanol–water partition coefficient (Wildman–Crippen LogP) is 1.90. The van der Waals surface area contributed by atoms with Gasteiger partial charge in [-0.3, -0.25) is 4.79 Å². The molecule has 1 saturated carbocycles. The SMILES string of the molecule is CCNC(=O)OCC1(C(C)=O)CC2C=CC1C2. The van der Waals surface area contributed by atoms with Crippen LogP contribution in [0.2, 0.25) is 0 Å². The van der Waals surface area contributed by atoms with Crippen LogP contribution in [0.25, 0.3) is 0 Å². The van der Waals surface area contributed by atoms with Gasteiger partial charge < -0.3 is 10.1 Å². The van der Waals surface area contributed by atoms with Gasteiger partial charge in [0.2, 0.25) is 0 Å². The Balaban J connectivity index is 2.02. The van der Waals surface area contributed by atoms with Crippen molar-refractivity contribution in [1.29, 1.82) is 0 Å². The first-order valence-corrected chi connectivity index (χ1v) is 6.18. The Bertz CT molecular complexity index is 364. The molecule has 0 spiro atoms. The molecule has 94 valence electrons. The minimum absolute atomic E-state index is 0.138. The molecule has 0 heterocycles. The minimum Gasteiger partial charge on any atom is -0.448 e. The van der Waals surface area contributed by atoms with Crippen LogP contribution in [0.1, 0.15) is 26.7 Å². The standard InChI is InChI=1S/C13H19NO3/c1-3-14-12(16)17-8-13(9(2)15)7-10-4-5-11(13)6-10/h4-5,10-11H,3,6-8H2,1-2H3,(H,14,16). The molecule has 4 nitrogen and oxygen atoms in total. The average Bonchev–Trinajstić information content (AvgIpc) is 2.87. The molecule has 0 aromatic carbocycles. The second-order valence-electron chi connectivity index (χ2n) is 5.01. The fourth-order valence-corrected chi connectivity index (χ4v) is 3.02. The molecule has 2 aliphatic rings. The molecule has 0 radical (unpaired) electrons. The molecule has 2 rings (SSSR count). The maximum absolute atomic E-state index is 11.9. The van der Waals surface area contributed by atoms with Crippen LogP contribution in [0.3, 0.4) is 0 Å². The third-order valence-electron chi connectivity index (χ3n) is 3.99. The van der Waals surface area contributed by atoms with Crippen molar-refractivity contribution < 1.29 is 14.3 Å². The molecule has 17 heavy (non-hydrogen) atoms. The summed E-state index contributed by atoms with van der Waals surface area (Å²) in [5.41, 5.74) is -0.468. The number of carbonyl (C=O) groups is 2. The number of ether oxygens (including phenoxy) is 1. The molecule has 3 atom stereocenters. The van der Waals surface area contributed by atoms with Gasteiger partial charge in [0, 0.05) is 6.54 Å². The summed E-state index contributed by atoms with van der Waals surface area (Å²) in [5, 5.41) is 2.58. The third kappa shape index (κ3) is 2.08. The lowest BCUT2D eigenvalue weighted by molar-refractivity contribution is -0.130. The van der Waals surface area contributed by atoms with Crippen molar-refractivity contribution >= 4 is 11.9 Å². The lowest BCUT2D eigenvalue weighted by atomic mass is 9.73. The van der Waals surface area contributed by atoms with Crippen LogP contribution >= 0.6 is 0 Å². The molecule has 0 aromatic rings. The number of fused-ring (bicyclic) bond motifs is 2. The third-order valence-corrected chi connectivity index (χ3v) is 3.99. The number of amides is 1. The van der Waals surface area contributed by atoms with Crippen LogP contribution in [-0.4, -0.2) is 25.0 Å². The highest BCUT2D eigenvalue weighted by molar-refractivity contribution is 5.84. The zero-order chi connectivity index (χ0) is 12.5. The van der Waals surface area contributed by atoms with Gasteiger partial charge in [0.1, 0.15) is 12.4 Å². The molecular formula is C13H19NO3. The minimum atomic E-state index is -0.468. The summed E-state index contributed by atoms with van der Waals surface area (Å²) in [6, 6.07) is 0. The number of hydrogen-bond acceptors (Lipinski definition) is 3. The van der Waals surface area contributed by atoms with E-state index in [1.165, 1.54) is 0 Å². The Hall–Kier alpha value is -1.32. The molecule has 2 aliphatic carbocycles. The highest BCUT2D eigenvalue weighted by atomic mass is 16.5. The molecule has 1 amide bonds. The van der Waals surface area contributed by atoms with Gasteiger partial charge in [-0.15, -0.1) is 0 Å².